The molecule has 6 nitrogen and oxygen atoms in total. The maximum atomic E-state index is 11.5. The van der Waals surface area contributed by atoms with Gasteiger partial charge in [0.15, 0.2) is 0 Å². The summed E-state index contributed by atoms with van der Waals surface area (Å²) in [5.41, 5.74) is 5.46. The van der Waals surface area contributed by atoms with Crippen molar-refractivity contribution in [2.75, 3.05) is 17.7 Å². The van der Waals surface area contributed by atoms with E-state index in [1.165, 1.54) is 7.11 Å². The fourth-order valence-electron chi connectivity index (χ4n) is 2.76. The second kappa shape index (κ2) is 7.86. The fourth-order valence-corrected chi connectivity index (χ4v) is 2.76. The summed E-state index contributed by atoms with van der Waals surface area (Å²) < 4.78 is 4.71. The fraction of sp³-hybridized carbons (Fsp3) is 0.190. The molecule has 138 valence electrons. The molecular formula is C21H22N4O2. The van der Waals surface area contributed by atoms with Gasteiger partial charge in [0.05, 0.1) is 12.7 Å². The van der Waals surface area contributed by atoms with Gasteiger partial charge in [-0.3, -0.25) is 0 Å². The summed E-state index contributed by atoms with van der Waals surface area (Å²) in [7, 11) is 1.36. The number of nitrogens with zero attached hydrogens (tertiary/aromatic N) is 2. The lowest BCUT2D eigenvalue weighted by Crippen LogP contribution is -2.04. The van der Waals surface area contributed by atoms with Crippen LogP contribution in [0.4, 0.5) is 23.1 Å². The Hall–Kier alpha value is -3.41. The van der Waals surface area contributed by atoms with Crippen LogP contribution >= 0.6 is 0 Å². The Morgan fingerprint density at radius 3 is 2.22 bits per heavy atom. The number of hydrogen-bond donors (Lipinski definition) is 2. The lowest BCUT2D eigenvalue weighted by Gasteiger charge is -2.14. The van der Waals surface area contributed by atoms with Gasteiger partial charge in [0.25, 0.3) is 0 Å². The van der Waals surface area contributed by atoms with Gasteiger partial charge in [-0.2, -0.15) is 4.98 Å². The third-order valence-electron chi connectivity index (χ3n) is 4.15. The maximum Gasteiger partial charge on any atom is 0.337 e. The molecule has 0 radical (unpaired) electrons. The van der Waals surface area contributed by atoms with E-state index in [0.29, 0.717) is 17.3 Å². The highest BCUT2D eigenvalue weighted by atomic mass is 16.5. The standard InChI is InChI=1S/C21H22N4O2/c1-13-6-5-7-14(2)19(13)24-18-12-15(3)22-21(25-18)23-17-10-8-16(9-11-17)20(26)27-4/h5-12H,1-4H3,(H2,22,23,24,25). The first-order chi connectivity index (χ1) is 13.0. The lowest BCUT2D eigenvalue weighted by molar-refractivity contribution is 0.0601. The number of ether oxygens (including phenoxy) is 1. The number of hydrogen-bond acceptors (Lipinski definition) is 6. The predicted molar refractivity (Wildman–Crippen MR) is 107 cm³/mol. The van der Waals surface area contributed by atoms with Gasteiger partial charge in [-0.15, -0.1) is 0 Å². The number of esters is 1. The van der Waals surface area contributed by atoms with Crippen LogP contribution in [0.1, 0.15) is 27.2 Å². The number of aryl methyl sites for hydroxylation is 3. The number of carbonyl (C=O) groups excluding carboxylic acids is 1. The number of para-hydroxylation sites is 1. The van der Waals surface area contributed by atoms with E-state index in [0.717, 1.165) is 28.2 Å². The Balaban J connectivity index is 1.82. The molecule has 0 atom stereocenters. The molecule has 0 aliphatic rings. The highest BCUT2D eigenvalue weighted by Gasteiger charge is 2.08. The van der Waals surface area contributed by atoms with Crippen LogP contribution in [0.15, 0.2) is 48.5 Å². The third-order valence-corrected chi connectivity index (χ3v) is 4.15. The van der Waals surface area contributed by atoms with Crippen molar-refractivity contribution in [2.24, 2.45) is 0 Å². The van der Waals surface area contributed by atoms with E-state index in [1.54, 1.807) is 24.3 Å². The normalized spacial score (nSPS) is 10.4. The molecule has 0 unspecified atom stereocenters. The van der Waals surface area contributed by atoms with Gasteiger partial charge in [0.1, 0.15) is 5.82 Å². The summed E-state index contributed by atoms with van der Waals surface area (Å²) in [6.45, 7) is 6.04. The molecule has 2 aromatic carbocycles. The summed E-state index contributed by atoms with van der Waals surface area (Å²) in [6.07, 6.45) is 0. The Labute approximate surface area is 158 Å². The molecular weight excluding hydrogens is 340 g/mol. The molecule has 6 heteroatoms. The number of rotatable bonds is 5. The zero-order valence-electron chi connectivity index (χ0n) is 15.8. The number of methoxy groups -OCH3 is 1. The monoisotopic (exact) mass is 362 g/mol. The SMILES string of the molecule is COC(=O)c1ccc(Nc2nc(C)cc(Nc3c(C)cccc3C)n2)cc1. The molecule has 0 fully saturated rings. The van der Waals surface area contributed by atoms with Gasteiger partial charge < -0.3 is 15.4 Å². The van der Waals surface area contributed by atoms with E-state index >= 15 is 0 Å². The van der Waals surface area contributed by atoms with Crippen LogP contribution in [-0.4, -0.2) is 23.0 Å². The molecule has 0 bridgehead atoms. The number of carbonyl (C=O) groups is 1. The molecule has 3 aromatic rings. The minimum absolute atomic E-state index is 0.367. The largest absolute Gasteiger partial charge is 0.465 e. The van der Waals surface area contributed by atoms with Gasteiger partial charge in [0.2, 0.25) is 5.95 Å². The van der Waals surface area contributed by atoms with Crippen LogP contribution in [0.25, 0.3) is 0 Å². The van der Waals surface area contributed by atoms with Crippen LogP contribution < -0.4 is 10.6 Å². The molecule has 3 rings (SSSR count). The van der Waals surface area contributed by atoms with Crippen molar-refractivity contribution in [3.05, 3.63) is 70.9 Å². The topological polar surface area (TPSA) is 76.1 Å². The highest BCUT2D eigenvalue weighted by Crippen LogP contribution is 2.24. The van der Waals surface area contributed by atoms with Crippen molar-refractivity contribution < 1.29 is 9.53 Å². The third kappa shape index (κ3) is 4.41. The number of anilines is 4. The van der Waals surface area contributed by atoms with Crippen LogP contribution in [0.5, 0.6) is 0 Å². The van der Waals surface area contributed by atoms with Gasteiger partial charge >= 0.3 is 5.97 Å². The molecule has 1 aromatic heterocycles. The average molecular weight is 362 g/mol. The number of aromatic nitrogens is 2. The van der Waals surface area contributed by atoms with Crippen molar-refractivity contribution in [1.82, 2.24) is 9.97 Å². The first kappa shape index (κ1) is 18.4. The van der Waals surface area contributed by atoms with Crippen LogP contribution in [-0.2, 0) is 4.74 Å². The summed E-state index contributed by atoms with van der Waals surface area (Å²) in [4.78, 5) is 20.5. The second-order valence-corrected chi connectivity index (χ2v) is 6.30. The predicted octanol–water partition coefficient (Wildman–Crippen LogP) is 4.68. The molecule has 0 aliphatic carbocycles. The minimum atomic E-state index is -0.367. The Kier molecular flexibility index (Phi) is 5.35. The first-order valence-electron chi connectivity index (χ1n) is 8.60. The van der Waals surface area contributed by atoms with Crippen molar-refractivity contribution in [3.8, 4) is 0 Å². The van der Waals surface area contributed by atoms with Crippen molar-refractivity contribution in [2.45, 2.75) is 20.8 Å². The average Bonchev–Trinajstić information content (AvgIpc) is 2.64. The molecule has 0 amide bonds. The molecule has 0 aliphatic heterocycles. The van der Waals surface area contributed by atoms with E-state index in [2.05, 4.69) is 46.6 Å². The number of nitrogens with one attached hydrogen (secondary N) is 2. The van der Waals surface area contributed by atoms with Crippen LogP contribution in [0.3, 0.4) is 0 Å². The maximum absolute atomic E-state index is 11.5. The van der Waals surface area contributed by atoms with E-state index in [9.17, 15) is 4.79 Å². The summed E-state index contributed by atoms with van der Waals surface area (Å²) >= 11 is 0. The Morgan fingerprint density at radius 1 is 0.926 bits per heavy atom. The van der Waals surface area contributed by atoms with Gasteiger partial charge in [0, 0.05) is 23.1 Å². The number of benzene rings is 2. The van der Waals surface area contributed by atoms with Crippen molar-refractivity contribution in [3.63, 3.8) is 0 Å². The van der Waals surface area contributed by atoms with E-state index in [4.69, 9.17) is 4.74 Å². The van der Waals surface area contributed by atoms with Crippen molar-refractivity contribution in [1.29, 1.82) is 0 Å². The molecule has 0 saturated heterocycles. The smallest absolute Gasteiger partial charge is 0.337 e. The zero-order valence-corrected chi connectivity index (χ0v) is 15.8. The highest BCUT2D eigenvalue weighted by molar-refractivity contribution is 5.89. The molecule has 0 saturated carbocycles. The Bertz CT molecular complexity index is 948. The first-order valence-corrected chi connectivity index (χ1v) is 8.60. The van der Waals surface area contributed by atoms with Gasteiger partial charge in [-0.25, -0.2) is 9.78 Å². The molecule has 1 heterocycles. The quantitative estimate of drug-likeness (QED) is 0.642. The minimum Gasteiger partial charge on any atom is -0.465 e. The van der Waals surface area contributed by atoms with E-state index < -0.39 is 0 Å². The van der Waals surface area contributed by atoms with E-state index in [1.807, 2.05) is 19.1 Å². The van der Waals surface area contributed by atoms with Gasteiger partial charge in [-0.05, 0) is 56.2 Å². The Morgan fingerprint density at radius 2 is 1.59 bits per heavy atom. The van der Waals surface area contributed by atoms with Crippen LogP contribution in [0.2, 0.25) is 0 Å². The second-order valence-electron chi connectivity index (χ2n) is 6.30. The molecule has 2 N–H and O–H groups in total. The summed E-state index contributed by atoms with van der Waals surface area (Å²) in [5.74, 6) is 0.830. The van der Waals surface area contributed by atoms with Crippen molar-refractivity contribution >= 4 is 29.1 Å². The summed E-state index contributed by atoms with van der Waals surface area (Å²) in [5, 5.41) is 6.56. The summed E-state index contributed by atoms with van der Waals surface area (Å²) in [6, 6.07) is 15.0. The van der Waals surface area contributed by atoms with Gasteiger partial charge in [-0.1, -0.05) is 18.2 Å². The van der Waals surface area contributed by atoms with Crippen LogP contribution in [0, 0.1) is 20.8 Å². The molecule has 0 spiro atoms. The lowest BCUT2D eigenvalue weighted by atomic mass is 10.1. The molecule has 27 heavy (non-hydrogen) atoms. The van der Waals surface area contributed by atoms with E-state index in [-0.39, 0.29) is 5.97 Å². The zero-order chi connectivity index (χ0) is 19.4.